The Bertz CT molecular complexity index is 162. The Labute approximate surface area is 87.7 Å². The van der Waals surface area contributed by atoms with Gasteiger partial charge in [-0.15, -0.1) is 0 Å². The molecular formula is C12H24O2. The number of unbranched alkanes of at least 4 members (excludes halogenated alkanes) is 1. The highest BCUT2D eigenvalue weighted by Gasteiger charge is 2.20. The van der Waals surface area contributed by atoms with Crippen molar-refractivity contribution in [2.75, 3.05) is 0 Å². The lowest BCUT2D eigenvalue weighted by atomic mass is 9.90. The molecule has 0 aromatic rings. The van der Waals surface area contributed by atoms with Crippen molar-refractivity contribution in [3.05, 3.63) is 0 Å². The van der Waals surface area contributed by atoms with Crippen LogP contribution in [0.4, 0.5) is 0 Å². The van der Waals surface area contributed by atoms with Gasteiger partial charge in [-0.3, -0.25) is 4.79 Å². The molecule has 0 bridgehead atoms. The van der Waals surface area contributed by atoms with Gasteiger partial charge in [-0.05, 0) is 18.3 Å². The van der Waals surface area contributed by atoms with E-state index in [2.05, 4.69) is 13.8 Å². The van der Waals surface area contributed by atoms with Gasteiger partial charge in [-0.2, -0.15) is 0 Å². The van der Waals surface area contributed by atoms with Crippen molar-refractivity contribution in [3.8, 4) is 0 Å². The third kappa shape index (κ3) is 6.01. The SMILES string of the molecule is CC(C)CCCCC(C(=O)O)C(C)C. The molecule has 0 aromatic heterocycles. The van der Waals surface area contributed by atoms with Crippen LogP contribution in [-0.2, 0) is 4.79 Å². The quantitative estimate of drug-likeness (QED) is 0.638. The number of rotatable bonds is 7. The standard InChI is InChI=1S/C12H24O2/c1-9(2)7-5-6-8-11(10(3)4)12(13)14/h9-11H,5-8H2,1-4H3,(H,13,14). The van der Waals surface area contributed by atoms with Gasteiger partial charge in [-0.1, -0.05) is 47.0 Å². The lowest BCUT2D eigenvalue weighted by Crippen LogP contribution is -2.19. The highest BCUT2D eigenvalue weighted by atomic mass is 16.4. The topological polar surface area (TPSA) is 37.3 Å². The molecule has 0 rings (SSSR count). The lowest BCUT2D eigenvalue weighted by molar-refractivity contribution is -0.143. The average Bonchev–Trinajstić information content (AvgIpc) is 2.01. The fraction of sp³-hybridized carbons (Fsp3) is 0.917. The maximum absolute atomic E-state index is 10.9. The van der Waals surface area contributed by atoms with Crippen LogP contribution >= 0.6 is 0 Å². The van der Waals surface area contributed by atoms with Crippen LogP contribution in [-0.4, -0.2) is 11.1 Å². The second kappa shape index (κ2) is 6.86. The van der Waals surface area contributed by atoms with Gasteiger partial charge in [0.05, 0.1) is 5.92 Å². The molecule has 1 unspecified atom stereocenters. The zero-order valence-corrected chi connectivity index (χ0v) is 9.92. The predicted octanol–water partition coefficient (Wildman–Crippen LogP) is 3.56. The van der Waals surface area contributed by atoms with Crippen LogP contribution in [0.25, 0.3) is 0 Å². The van der Waals surface area contributed by atoms with E-state index < -0.39 is 5.97 Å². The molecule has 0 heterocycles. The Hall–Kier alpha value is -0.530. The van der Waals surface area contributed by atoms with Crippen LogP contribution in [0.5, 0.6) is 0 Å². The molecule has 0 spiro atoms. The summed E-state index contributed by atoms with van der Waals surface area (Å²) in [4.78, 5) is 10.9. The molecule has 0 aliphatic rings. The largest absolute Gasteiger partial charge is 0.481 e. The van der Waals surface area contributed by atoms with E-state index in [0.29, 0.717) is 0 Å². The van der Waals surface area contributed by atoms with Gasteiger partial charge in [0.25, 0.3) is 0 Å². The predicted molar refractivity (Wildman–Crippen MR) is 59.3 cm³/mol. The van der Waals surface area contributed by atoms with Gasteiger partial charge >= 0.3 is 5.97 Å². The monoisotopic (exact) mass is 200 g/mol. The van der Waals surface area contributed by atoms with Crippen LogP contribution in [0.15, 0.2) is 0 Å². The fourth-order valence-electron chi connectivity index (χ4n) is 1.66. The van der Waals surface area contributed by atoms with Gasteiger partial charge in [0, 0.05) is 0 Å². The van der Waals surface area contributed by atoms with Crippen LogP contribution in [0.3, 0.4) is 0 Å². The van der Waals surface area contributed by atoms with Gasteiger partial charge in [0.2, 0.25) is 0 Å². The van der Waals surface area contributed by atoms with E-state index in [9.17, 15) is 4.79 Å². The summed E-state index contributed by atoms with van der Waals surface area (Å²) >= 11 is 0. The van der Waals surface area contributed by atoms with E-state index in [0.717, 1.165) is 25.2 Å². The van der Waals surface area contributed by atoms with E-state index in [1.54, 1.807) is 0 Å². The normalized spacial score (nSPS) is 13.6. The molecule has 0 saturated carbocycles. The van der Waals surface area contributed by atoms with Gasteiger partial charge in [-0.25, -0.2) is 0 Å². The Balaban J connectivity index is 3.67. The van der Waals surface area contributed by atoms with Crippen molar-refractivity contribution in [2.45, 2.75) is 53.4 Å². The van der Waals surface area contributed by atoms with E-state index in [-0.39, 0.29) is 11.8 Å². The molecule has 1 atom stereocenters. The first-order chi connectivity index (χ1) is 6.45. The first kappa shape index (κ1) is 13.5. The van der Waals surface area contributed by atoms with Crippen molar-refractivity contribution < 1.29 is 9.90 Å². The second-order valence-corrected chi connectivity index (χ2v) is 4.87. The maximum atomic E-state index is 10.9. The molecule has 0 aliphatic heterocycles. The summed E-state index contributed by atoms with van der Waals surface area (Å²) in [6.07, 6.45) is 4.26. The molecule has 0 fully saturated rings. The maximum Gasteiger partial charge on any atom is 0.306 e. The Kier molecular flexibility index (Phi) is 6.60. The number of hydrogen-bond donors (Lipinski definition) is 1. The first-order valence-corrected chi connectivity index (χ1v) is 5.68. The summed E-state index contributed by atoms with van der Waals surface area (Å²) in [5.41, 5.74) is 0. The molecule has 1 N–H and O–H groups in total. The van der Waals surface area contributed by atoms with Gasteiger partial charge in [0.15, 0.2) is 0 Å². The molecule has 84 valence electrons. The number of aliphatic carboxylic acids is 1. The zero-order valence-electron chi connectivity index (χ0n) is 9.92. The average molecular weight is 200 g/mol. The van der Waals surface area contributed by atoms with Crippen LogP contribution in [0, 0.1) is 17.8 Å². The molecule has 0 radical (unpaired) electrons. The minimum absolute atomic E-state index is 0.151. The Morgan fingerprint density at radius 1 is 1.07 bits per heavy atom. The molecule has 2 heteroatoms. The van der Waals surface area contributed by atoms with E-state index in [1.165, 1.54) is 6.42 Å². The van der Waals surface area contributed by atoms with Crippen molar-refractivity contribution in [1.82, 2.24) is 0 Å². The number of carboxylic acid groups (broad SMARTS) is 1. The molecule has 0 aromatic carbocycles. The van der Waals surface area contributed by atoms with Crippen LogP contribution < -0.4 is 0 Å². The smallest absolute Gasteiger partial charge is 0.306 e. The molecule has 0 saturated heterocycles. The highest BCUT2D eigenvalue weighted by molar-refractivity contribution is 5.70. The van der Waals surface area contributed by atoms with Crippen molar-refractivity contribution >= 4 is 5.97 Å². The number of carbonyl (C=O) groups is 1. The summed E-state index contributed by atoms with van der Waals surface area (Å²) in [5, 5.41) is 8.95. The lowest BCUT2D eigenvalue weighted by Gasteiger charge is -2.15. The summed E-state index contributed by atoms with van der Waals surface area (Å²) in [6.45, 7) is 8.39. The molecular weight excluding hydrogens is 176 g/mol. The van der Waals surface area contributed by atoms with E-state index in [1.807, 2.05) is 13.8 Å². The number of carboxylic acids is 1. The minimum Gasteiger partial charge on any atom is -0.481 e. The molecule has 0 amide bonds. The molecule has 0 aliphatic carbocycles. The fourth-order valence-corrected chi connectivity index (χ4v) is 1.66. The highest BCUT2D eigenvalue weighted by Crippen LogP contribution is 2.19. The zero-order chi connectivity index (χ0) is 11.1. The van der Waals surface area contributed by atoms with Crippen LogP contribution in [0.2, 0.25) is 0 Å². The van der Waals surface area contributed by atoms with Crippen molar-refractivity contribution in [1.29, 1.82) is 0 Å². The third-order valence-electron chi connectivity index (χ3n) is 2.67. The molecule has 14 heavy (non-hydrogen) atoms. The van der Waals surface area contributed by atoms with Gasteiger partial charge < -0.3 is 5.11 Å². The summed E-state index contributed by atoms with van der Waals surface area (Å²) in [7, 11) is 0. The first-order valence-electron chi connectivity index (χ1n) is 5.68. The van der Waals surface area contributed by atoms with Gasteiger partial charge in [0.1, 0.15) is 0 Å². The summed E-state index contributed by atoms with van der Waals surface area (Å²) in [5.74, 6) is 0.204. The number of hydrogen-bond acceptors (Lipinski definition) is 1. The van der Waals surface area contributed by atoms with E-state index in [4.69, 9.17) is 5.11 Å². The Morgan fingerprint density at radius 3 is 1.93 bits per heavy atom. The summed E-state index contributed by atoms with van der Waals surface area (Å²) < 4.78 is 0. The third-order valence-corrected chi connectivity index (χ3v) is 2.67. The van der Waals surface area contributed by atoms with E-state index >= 15 is 0 Å². The molecule has 2 nitrogen and oxygen atoms in total. The second-order valence-electron chi connectivity index (χ2n) is 4.87. The minimum atomic E-state index is -0.635. The van der Waals surface area contributed by atoms with Crippen LogP contribution in [0.1, 0.15) is 53.4 Å². The Morgan fingerprint density at radius 2 is 1.57 bits per heavy atom. The summed E-state index contributed by atoms with van der Waals surface area (Å²) in [6, 6.07) is 0. The van der Waals surface area contributed by atoms with Crippen molar-refractivity contribution in [3.63, 3.8) is 0 Å². The van der Waals surface area contributed by atoms with Crippen molar-refractivity contribution in [2.24, 2.45) is 17.8 Å².